The molecule has 0 saturated heterocycles. The smallest absolute Gasteiger partial charge is 0.261 e. The Bertz CT molecular complexity index is 1800. The molecule has 3 aromatic rings. The lowest BCUT2D eigenvalue weighted by Crippen LogP contribution is -2.48. The molecule has 12 nitrogen and oxygen atoms in total. The average molecular weight is 732 g/mol. The Morgan fingerprint density at radius 3 is 2.30 bits per heavy atom. The number of nitrogens with zero attached hydrogens (tertiary/aromatic N) is 2. The highest BCUT2D eigenvalue weighted by molar-refractivity contribution is 7.92. The van der Waals surface area contributed by atoms with Gasteiger partial charge in [0, 0.05) is 38.3 Å². The zero-order valence-corrected chi connectivity index (χ0v) is 31.2. The van der Waals surface area contributed by atoms with E-state index in [-0.39, 0.29) is 52.8 Å². The zero-order valence-electron chi connectivity index (χ0n) is 29.5. The molecule has 0 fully saturated rings. The van der Waals surface area contributed by atoms with Crippen molar-refractivity contribution in [2.75, 3.05) is 45.2 Å². The molecule has 1 aliphatic rings. The number of aliphatic hydroxyl groups excluding tert-OH is 1. The van der Waals surface area contributed by atoms with Gasteiger partial charge in [-0.1, -0.05) is 24.6 Å². The van der Waals surface area contributed by atoms with Gasteiger partial charge in [0.15, 0.2) is 0 Å². The first kappa shape index (κ1) is 39.1. The van der Waals surface area contributed by atoms with Crippen LogP contribution in [0, 0.1) is 12.8 Å². The third-order valence-corrected chi connectivity index (χ3v) is 12.1. The molecular formula is C36H49N3O9S2. The van der Waals surface area contributed by atoms with Crippen molar-refractivity contribution in [3.8, 4) is 11.5 Å². The third-order valence-electron chi connectivity index (χ3n) is 8.84. The van der Waals surface area contributed by atoms with E-state index in [9.17, 15) is 26.7 Å². The molecule has 0 radical (unpaired) electrons. The first-order valence-electron chi connectivity index (χ1n) is 16.7. The maximum Gasteiger partial charge on any atom is 0.261 e. The number of benzene rings is 3. The van der Waals surface area contributed by atoms with Crippen LogP contribution in [0.2, 0.25) is 0 Å². The predicted octanol–water partition coefficient (Wildman–Crippen LogP) is 4.92. The maximum absolute atomic E-state index is 14.4. The summed E-state index contributed by atoms with van der Waals surface area (Å²) in [4.78, 5) is 16.1. The first-order valence-corrected chi connectivity index (χ1v) is 19.6. The number of rotatable bonds is 10. The lowest BCUT2D eigenvalue weighted by atomic mass is 10.0. The van der Waals surface area contributed by atoms with Gasteiger partial charge in [-0.05, 0) is 94.6 Å². The van der Waals surface area contributed by atoms with Gasteiger partial charge in [0.25, 0.3) is 15.9 Å². The summed E-state index contributed by atoms with van der Waals surface area (Å²) in [5.74, 6) is -0.0314. The summed E-state index contributed by atoms with van der Waals surface area (Å²) in [5.41, 5.74) is 1.21. The van der Waals surface area contributed by atoms with Crippen LogP contribution in [0.5, 0.6) is 11.5 Å². The molecule has 0 bridgehead atoms. The van der Waals surface area contributed by atoms with Gasteiger partial charge >= 0.3 is 0 Å². The number of aryl methyl sites for hydroxylation is 1. The van der Waals surface area contributed by atoms with Crippen LogP contribution in [0.25, 0.3) is 0 Å². The summed E-state index contributed by atoms with van der Waals surface area (Å²) in [7, 11) is -4.84. The molecular weight excluding hydrogens is 683 g/mol. The molecule has 0 aliphatic carbocycles. The fourth-order valence-corrected chi connectivity index (χ4v) is 7.89. The number of aliphatic hydroxyl groups is 1. The van der Waals surface area contributed by atoms with Gasteiger partial charge in [0.05, 0.1) is 47.3 Å². The van der Waals surface area contributed by atoms with Crippen molar-refractivity contribution in [2.24, 2.45) is 5.92 Å². The molecule has 0 saturated carbocycles. The fourth-order valence-electron chi connectivity index (χ4n) is 5.66. The summed E-state index contributed by atoms with van der Waals surface area (Å²) in [6.45, 7) is 7.50. The number of methoxy groups -OCH3 is 1. The lowest BCUT2D eigenvalue weighted by molar-refractivity contribution is -0.00833. The number of carbonyl (C=O) groups excluding carboxylic acids is 1. The number of hydrogen-bond acceptors (Lipinski definition) is 9. The zero-order chi connectivity index (χ0) is 36.6. The van der Waals surface area contributed by atoms with Gasteiger partial charge in [-0.2, -0.15) is 4.31 Å². The maximum atomic E-state index is 14.4. The molecule has 0 spiro atoms. The van der Waals surface area contributed by atoms with Gasteiger partial charge in [-0.3, -0.25) is 9.52 Å². The Morgan fingerprint density at radius 2 is 1.66 bits per heavy atom. The van der Waals surface area contributed by atoms with Crippen molar-refractivity contribution in [2.45, 2.75) is 75.0 Å². The standard InChI is InChI=1S/C36H49N3O9S2/c1-25-10-15-31(16-11-25)49(42,43)37-29-12-19-34-33(21-29)36(41)39(27(3)24-40)22-26(2)35(47-20-8-7-9-28(4)48-34)23-38(5)50(44,45)32-17-13-30(46-6)14-18-32/h10-19,21,26-28,35,37,40H,7-9,20,22-24H2,1-6H3/t26-,27-,28+,35-/m0/s1. The molecule has 0 unspecified atom stereocenters. The quantitative estimate of drug-likeness (QED) is 0.296. The molecule has 50 heavy (non-hydrogen) atoms. The van der Waals surface area contributed by atoms with Crippen LogP contribution in [0.4, 0.5) is 5.69 Å². The van der Waals surface area contributed by atoms with Crippen molar-refractivity contribution >= 4 is 31.6 Å². The molecule has 3 aromatic carbocycles. The highest BCUT2D eigenvalue weighted by Crippen LogP contribution is 2.30. The topological polar surface area (TPSA) is 152 Å². The summed E-state index contributed by atoms with van der Waals surface area (Å²) >= 11 is 0. The second-order valence-electron chi connectivity index (χ2n) is 12.9. The first-order chi connectivity index (χ1) is 23.7. The van der Waals surface area contributed by atoms with Crippen molar-refractivity contribution in [3.63, 3.8) is 0 Å². The number of nitrogens with one attached hydrogen (secondary N) is 1. The SMILES string of the molecule is COc1ccc(S(=O)(=O)N(C)C[C@@H]2OCCCC[C@@H](C)Oc3ccc(NS(=O)(=O)c4ccc(C)cc4)cc3C(=O)N([C@@H](C)CO)C[C@@H]2C)cc1. The Hall–Kier alpha value is -3.69. The number of anilines is 1. The molecule has 1 heterocycles. The van der Waals surface area contributed by atoms with Gasteiger partial charge in [-0.15, -0.1) is 0 Å². The minimum Gasteiger partial charge on any atom is -0.497 e. The minimum absolute atomic E-state index is 0.0199. The largest absolute Gasteiger partial charge is 0.497 e. The van der Waals surface area contributed by atoms with E-state index >= 15 is 0 Å². The van der Waals surface area contributed by atoms with E-state index in [2.05, 4.69) is 4.72 Å². The average Bonchev–Trinajstić information content (AvgIpc) is 3.09. The molecule has 1 aliphatic heterocycles. The number of likely N-dealkylation sites (N-methyl/N-ethyl adjacent to an activating group) is 1. The Kier molecular flexibility index (Phi) is 13.3. The monoisotopic (exact) mass is 731 g/mol. The number of fused-ring (bicyclic) bond motifs is 1. The molecule has 4 rings (SSSR count). The van der Waals surface area contributed by atoms with Gasteiger partial charge in [0.2, 0.25) is 10.0 Å². The van der Waals surface area contributed by atoms with E-state index in [1.165, 1.54) is 53.7 Å². The van der Waals surface area contributed by atoms with Crippen molar-refractivity contribution in [3.05, 3.63) is 77.9 Å². The highest BCUT2D eigenvalue weighted by atomic mass is 32.2. The van der Waals surface area contributed by atoms with Gasteiger partial charge in [0.1, 0.15) is 11.5 Å². The molecule has 274 valence electrons. The molecule has 2 N–H and O–H groups in total. The second-order valence-corrected chi connectivity index (χ2v) is 16.6. The van der Waals surface area contributed by atoms with Crippen LogP contribution >= 0.6 is 0 Å². The normalized spacial score (nSPS) is 20.4. The predicted molar refractivity (Wildman–Crippen MR) is 192 cm³/mol. The fraction of sp³-hybridized carbons (Fsp3) is 0.472. The summed E-state index contributed by atoms with van der Waals surface area (Å²) < 4.78 is 75.1. The van der Waals surface area contributed by atoms with Gasteiger partial charge < -0.3 is 24.2 Å². The second kappa shape index (κ2) is 17.0. The number of sulfonamides is 2. The van der Waals surface area contributed by atoms with Gasteiger partial charge in [-0.25, -0.2) is 16.8 Å². The van der Waals surface area contributed by atoms with E-state index in [4.69, 9.17) is 14.2 Å². The van der Waals surface area contributed by atoms with E-state index in [1.807, 2.05) is 20.8 Å². The molecule has 0 aromatic heterocycles. The summed E-state index contributed by atoms with van der Waals surface area (Å²) in [6, 6.07) is 16.5. The van der Waals surface area contributed by atoms with Crippen LogP contribution < -0.4 is 14.2 Å². The lowest BCUT2D eigenvalue weighted by Gasteiger charge is -2.35. The Morgan fingerprint density at radius 1 is 1.00 bits per heavy atom. The van der Waals surface area contributed by atoms with E-state index in [1.54, 1.807) is 43.3 Å². The molecule has 1 amide bonds. The van der Waals surface area contributed by atoms with Crippen LogP contribution in [0.15, 0.2) is 76.5 Å². The van der Waals surface area contributed by atoms with Crippen LogP contribution in [-0.2, 0) is 24.8 Å². The van der Waals surface area contributed by atoms with Crippen molar-refractivity contribution in [1.82, 2.24) is 9.21 Å². The van der Waals surface area contributed by atoms with E-state index in [0.717, 1.165) is 12.0 Å². The summed E-state index contributed by atoms with van der Waals surface area (Å²) in [5, 5.41) is 10.2. The number of hydrogen-bond donors (Lipinski definition) is 2. The summed E-state index contributed by atoms with van der Waals surface area (Å²) in [6.07, 6.45) is 1.24. The number of carbonyl (C=O) groups is 1. The van der Waals surface area contributed by atoms with Crippen LogP contribution in [0.1, 0.15) is 56.0 Å². The van der Waals surface area contributed by atoms with Crippen molar-refractivity contribution in [1.29, 1.82) is 0 Å². The van der Waals surface area contributed by atoms with Crippen molar-refractivity contribution < 1.29 is 40.9 Å². The van der Waals surface area contributed by atoms with E-state index < -0.39 is 38.1 Å². The van der Waals surface area contributed by atoms with E-state index in [0.29, 0.717) is 30.9 Å². The third kappa shape index (κ3) is 9.75. The Labute approximate surface area is 296 Å². The Balaban J connectivity index is 1.66. The number of amides is 1. The van der Waals surface area contributed by atoms with Crippen LogP contribution in [-0.4, -0.2) is 95.8 Å². The molecule has 14 heteroatoms. The van der Waals surface area contributed by atoms with Crippen LogP contribution in [0.3, 0.4) is 0 Å². The minimum atomic E-state index is -3.96. The number of ether oxygens (including phenoxy) is 3. The molecule has 4 atom stereocenters. The highest BCUT2D eigenvalue weighted by Gasteiger charge is 2.32.